The van der Waals surface area contributed by atoms with E-state index < -0.39 is 15.3 Å². The van der Waals surface area contributed by atoms with Gasteiger partial charge in [0.25, 0.3) is 0 Å². The molecule has 1 aliphatic rings. The number of aliphatic hydroxyl groups is 1. The first kappa shape index (κ1) is 11.0. The number of hydrogen-bond acceptors (Lipinski definition) is 3. The van der Waals surface area contributed by atoms with Crippen LogP contribution in [0.2, 0.25) is 0 Å². The van der Waals surface area contributed by atoms with E-state index >= 15 is 0 Å². The first-order chi connectivity index (χ1) is 5.87. The predicted octanol–water partition coefficient (Wildman–Crippen LogP) is 0.972. The lowest BCUT2D eigenvalue weighted by molar-refractivity contribution is 0.178. The molecule has 0 spiro atoms. The summed E-state index contributed by atoms with van der Waals surface area (Å²) in [5.74, 6) is 0.112. The van der Waals surface area contributed by atoms with Crippen molar-refractivity contribution in [3.05, 3.63) is 0 Å². The van der Waals surface area contributed by atoms with Gasteiger partial charge in [0, 0.05) is 12.0 Å². The van der Waals surface area contributed by atoms with Gasteiger partial charge in [0.05, 0.1) is 11.0 Å². The van der Waals surface area contributed by atoms with Crippen molar-refractivity contribution >= 4 is 9.84 Å². The Morgan fingerprint density at radius 3 is 2.23 bits per heavy atom. The Morgan fingerprint density at radius 1 is 1.38 bits per heavy atom. The minimum Gasteiger partial charge on any atom is -0.396 e. The van der Waals surface area contributed by atoms with E-state index in [1.807, 2.05) is 0 Å². The molecule has 0 heterocycles. The van der Waals surface area contributed by atoms with E-state index in [9.17, 15) is 8.42 Å². The molecule has 0 aromatic rings. The molecule has 0 aliphatic heterocycles. The maximum Gasteiger partial charge on any atom is 0.153 e. The monoisotopic (exact) mass is 206 g/mol. The van der Waals surface area contributed by atoms with Gasteiger partial charge in [-0.25, -0.2) is 8.42 Å². The van der Waals surface area contributed by atoms with Crippen LogP contribution in [0.5, 0.6) is 0 Å². The number of rotatable bonds is 4. The largest absolute Gasteiger partial charge is 0.396 e. The van der Waals surface area contributed by atoms with Crippen molar-refractivity contribution in [2.24, 2.45) is 5.41 Å². The zero-order valence-electron chi connectivity index (χ0n) is 8.28. The van der Waals surface area contributed by atoms with Crippen molar-refractivity contribution in [3.63, 3.8) is 0 Å². The summed E-state index contributed by atoms with van der Waals surface area (Å²) in [5.41, 5.74) is -0.492. The molecular formula is C9H18O3S. The number of sulfone groups is 1. The minimum absolute atomic E-state index is 0.0705. The lowest BCUT2D eigenvalue weighted by Crippen LogP contribution is -2.37. The Labute approximate surface area is 80.1 Å². The molecule has 1 saturated carbocycles. The first-order valence-corrected chi connectivity index (χ1v) is 6.41. The van der Waals surface area contributed by atoms with Gasteiger partial charge in [-0.1, -0.05) is 20.3 Å². The summed E-state index contributed by atoms with van der Waals surface area (Å²) in [7, 11) is -2.95. The van der Waals surface area contributed by atoms with E-state index in [0.29, 0.717) is 0 Å². The van der Waals surface area contributed by atoms with E-state index in [1.54, 1.807) is 13.8 Å². The zero-order chi connectivity index (χ0) is 10.1. The third-order valence-electron chi connectivity index (χ3n) is 2.58. The highest BCUT2D eigenvalue weighted by molar-refractivity contribution is 7.92. The molecule has 0 saturated heterocycles. The molecule has 1 N–H and O–H groups in total. The third kappa shape index (κ3) is 2.68. The molecule has 13 heavy (non-hydrogen) atoms. The van der Waals surface area contributed by atoms with Gasteiger partial charge < -0.3 is 5.11 Å². The van der Waals surface area contributed by atoms with Gasteiger partial charge in [-0.3, -0.25) is 0 Å². The summed E-state index contributed by atoms with van der Waals surface area (Å²) in [5, 5.41) is 8.84. The van der Waals surface area contributed by atoms with Gasteiger partial charge in [0.1, 0.15) is 0 Å². The Bertz CT molecular complexity index is 263. The quantitative estimate of drug-likeness (QED) is 0.745. The second-order valence-electron chi connectivity index (χ2n) is 4.68. The van der Waals surface area contributed by atoms with Crippen molar-refractivity contribution in [1.29, 1.82) is 0 Å². The third-order valence-corrected chi connectivity index (χ3v) is 5.25. The van der Waals surface area contributed by atoms with E-state index in [2.05, 4.69) is 0 Å². The fourth-order valence-corrected chi connectivity index (χ4v) is 3.91. The normalized spacial score (nSPS) is 19.9. The molecule has 0 radical (unpaired) electrons. The lowest BCUT2D eigenvalue weighted by atomic mass is 9.98. The smallest absolute Gasteiger partial charge is 0.153 e. The summed E-state index contributed by atoms with van der Waals surface area (Å²) in [6.07, 6.45) is 2.65. The van der Waals surface area contributed by atoms with Crippen LogP contribution < -0.4 is 0 Å². The molecule has 0 unspecified atom stereocenters. The van der Waals surface area contributed by atoms with E-state index in [1.165, 1.54) is 0 Å². The first-order valence-electron chi connectivity index (χ1n) is 4.70. The Kier molecular flexibility index (Phi) is 3.02. The SMILES string of the molecule is CC(C)(CO)CS(=O)(=O)C1CCC1. The highest BCUT2D eigenvalue weighted by Crippen LogP contribution is 2.30. The minimum atomic E-state index is -2.95. The van der Waals surface area contributed by atoms with E-state index in [4.69, 9.17) is 5.11 Å². The fourth-order valence-electron chi connectivity index (χ4n) is 1.44. The van der Waals surface area contributed by atoms with Crippen LogP contribution in [0.4, 0.5) is 0 Å². The molecule has 3 nitrogen and oxygen atoms in total. The fraction of sp³-hybridized carbons (Fsp3) is 1.00. The van der Waals surface area contributed by atoms with E-state index in [0.717, 1.165) is 19.3 Å². The second kappa shape index (κ2) is 3.58. The van der Waals surface area contributed by atoms with Crippen LogP contribution in [0.25, 0.3) is 0 Å². The lowest BCUT2D eigenvalue weighted by Gasteiger charge is -2.29. The summed E-state index contributed by atoms with van der Waals surface area (Å²) in [4.78, 5) is 0. The molecule has 1 rings (SSSR count). The molecule has 0 atom stereocenters. The average molecular weight is 206 g/mol. The van der Waals surface area contributed by atoms with Gasteiger partial charge in [0.15, 0.2) is 9.84 Å². The van der Waals surface area contributed by atoms with Gasteiger partial charge in [-0.05, 0) is 12.8 Å². The molecule has 4 heteroatoms. The highest BCUT2D eigenvalue weighted by Gasteiger charge is 2.35. The summed E-state index contributed by atoms with van der Waals surface area (Å²) >= 11 is 0. The Morgan fingerprint density at radius 2 is 1.92 bits per heavy atom. The van der Waals surface area contributed by atoms with Crippen LogP contribution in [-0.4, -0.2) is 31.1 Å². The maximum atomic E-state index is 11.7. The average Bonchev–Trinajstić information content (AvgIpc) is 1.79. The topological polar surface area (TPSA) is 54.4 Å². The second-order valence-corrected chi connectivity index (χ2v) is 6.96. The van der Waals surface area contributed by atoms with Crippen LogP contribution in [-0.2, 0) is 9.84 Å². The molecule has 1 fully saturated rings. The van der Waals surface area contributed by atoms with E-state index in [-0.39, 0.29) is 17.6 Å². The van der Waals surface area contributed by atoms with Crippen LogP contribution in [0.3, 0.4) is 0 Å². The van der Waals surface area contributed by atoms with Crippen LogP contribution in [0.1, 0.15) is 33.1 Å². The standard InChI is InChI=1S/C9H18O3S/c1-9(2,6-10)7-13(11,12)8-4-3-5-8/h8,10H,3-7H2,1-2H3. The molecular weight excluding hydrogens is 188 g/mol. The molecule has 78 valence electrons. The van der Waals surface area contributed by atoms with Crippen LogP contribution in [0, 0.1) is 5.41 Å². The summed E-state index contributed by atoms with van der Waals surface area (Å²) in [6, 6.07) is 0. The number of aliphatic hydroxyl groups excluding tert-OH is 1. The van der Waals surface area contributed by atoms with Crippen molar-refractivity contribution in [1.82, 2.24) is 0 Å². The summed E-state index contributed by atoms with van der Waals surface area (Å²) < 4.78 is 23.4. The van der Waals surface area contributed by atoms with Gasteiger partial charge in [0.2, 0.25) is 0 Å². The van der Waals surface area contributed by atoms with Gasteiger partial charge >= 0.3 is 0 Å². The molecule has 0 bridgehead atoms. The van der Waals surface area contributed by atoms with Crippen molar-refractivity contribution in [3.8, 4) is 0 Å². The van der Waals surface area contributed by atoms with Gasteiger partial charge in [-0.2, -0.15) is 0 Å². The molecule has 1 aliphatic carbocycles. The predicted molar refractivity (Wildman–Crippen MR) is 52.3 cm³/mol. The zero-order valence-corrected chi connectivity index (χ0v) is 9.10. The molecule has 0 amide bonds. The summed E-state index contributed by atoms with van der Waals surface area (Å²) in [6.45, 7) is 3.49. The van der Waals surface area contributed by atoms with Crippen LogP contribution in [0.15, 0.2) is 0 Å². The molecule has 0 aromatic carbocycles. The van der Waals surface area contributed by atoms with Crippen molar-refractivity contribution < 1.29 is 13.5 Å². The van der Waals surface area contributed by atoms with Crippen molar-refractivity contribution in [2.45, 2.75) is 38.4 Å². The Balaban J connectivity index is 2.61. The van der Waals surface area contributed by atoms with Gasteiger partial charge in [-0.15, -0.1) is 0 Å². The number of hydrogen-bond donors (Lipinski definition) is 1. The maximum absolute atomic E-state index is 11.7. The van der Waals surface area contributed by atoms with Crippen molar-refractivity contribution in [2.75, 3.05) is 12.4 Å². The highest BCUT2D eigenvalue weighted by atomic mass is 32.2. The van der Waals surface area contributed by atoms with Crippen LogP contribution >= 0.6 is 0 Å². The molecule has 0 aromatic heterocycles. The Hall–Kier alpha value is -0.0900.